The van der Waals surface area contributed by atoms with Gasteiger partial charge in [0.2, 0.25) is 0 Å². The normalized spacial score (nSPS) is 17.8. The number of hydrazine groups is 1. The van der Waals surface area contributed by atoms with Gasteiger partial charge in [-0.25, -0.2) is 0 Å². The number of nitrogens with one attached hydrogen (secondary N) is 2. The van der Waals surface area contributed by atoms with E-state index in [2.05, 4.69) is 10.9 Å². The first-order valence-electron chi connectivity index (χ1n) is 9.40. The minimum Gasteiger partial charge on any atom is -0.507 e. The number of phenolic OH excluding ortho intramolecular Hbond substituents is 1. The molecule has 8 heteroatoms. The lowest BCUT2D eigenvalue weighted by Gasteiger charge is -2.25. The van der Waals surface area contributed by atoms with Crippen molar-refractivity contribution in [1.29, 1.82) is 0 Å². The lowest BCUT2D eigenvalue weighted by atomic mass is 9.97. The number of aromatic hydroxyl groups is 1. The van der Waals surface area contributed by atoms with Crippen LogP contribution in [0, 0.1) is 0 Å². The van der Waals surface area contributed by atoms with Crippen LogP contribution in [0.15, 0.2) is 65.9 Å². The van der Waals surface area contributed by atoms with Gasteiger partial charge < -0.3 is 20.2 Å². The van der Waals surface area contributed by atoms with Crippen molar-refractivity contribution in [2.45, 2.75) is 13.0 Å². The van der Waals surface area contributed by atoms with Crippen molar-refractivity contribution in [2.24, 2.45) is 0 Å². The minimum atomic E-state index is -0.637. The molecular weight excluding hydrogens is 386 g/mol. The van der Waals surface area contributed by atoms with E-state index in [4.69, 9.17) is 4.74 Å². The molecule has 0 radical (unpaired) electrons. The Morgan fingerprint density at radius 3 is 2.40 bits per heavy atom. The Bertz CT molecular complexity index is 987. The van der Waals surface area contributed by atoms with E-state index in [-0.39, 0.29) is 30.0 Å². The summed E-state index contributed by atoms with van der Waals surface area (Å²) >= 11 is 0. The molecule has 1 aliphatic heterocycles. The number of Topliss-reactive ketones (excluding diaryl/α,β-unsaturated/α-hetero) is 1. The summed E-state index contributed by atoms with van der Waals surface area (Å²) in [7, 11) is 1.53. The summed E-state index contributed by atoms with van der Waals surface area (Å²) in [6, 6.07) is 14.7. The third-order valence-corrected chi connectivity index (χ3v) is 4.85. The van der Waals surface area contributed by atoms with Crippen LogP contribution in [-0.4, -0.2) is 47.9 Å². The van der Waals surface area contributed by atoms with E-state index < -0.39 is 23.6 Å². The molecule has 1 unspecified atom stereocenters. The maximum Gasteiger partial charge on any atom is 0.295 e. The predicted octanol–water partition coefficient (Wildman–Crippen LogP) is 1.70. The van der Waals surface area contributed by atoms with Gasteiger partial charge in [-0.05, 0) is 24.6 Å². The number of benzene rings is 2. The summed E-state index contributed by atoms with van der Waals surface area (Å²) in [5, 5.41) is 9.82. The third-order valence-electron chi connectivity index (χ3n) is 4.85. The van der Waals surface area contributed by atoms with Crippen LogP contribution in [0.4, 0.5) is 0 Å². The zero-order valence-electron chi connectivity index (χ0n) is 16.7. The molecule has 0 spiro atoms. The second kappa shape index (κ2) is 9.23. The van der Waals surface area contributed by atoms with Gasteiger partial charge in [-0.3, -0.25) is 19.8 Å². The van der Waals surface area contributed by atoms with E-state index in [1.807, 2.05) is 30.3 Å². The third kappa shape index (κ3) is 4.18. The fraction of sp³-hybridized carbons (Fsp3) is 0.227. The van der Waals surface area contributed by atoms with Gasteiger partial charge in [-0.2, -0.15) is 0 Å². The Kier molecular flexibility index (Phi) is 6.48. The first-order valence-corrected chi connectivity index (χ1v) is 9.40. The van der Waals surface area contributed by atoms with Crippen molar-refractivity contribution in [3.8, 4) is 5.75 Å². The highest BCUT2D eigenvalue weighted by molar-refractivity contribution is 6.45. The van der Waals surface area contributed by atoms with Crippen LogP contribution >= 0.6 is 0 Å². The number of ketones is 1. The summed E-state index contributed by atoms with van der Waals surface area (Å²) in [6.45, 7) is 2.15. The Morgan fingerprint density at radius 2 is 1.73 bits per heavy atom. The topological polar surface area (TPSA) is 108 Å². The Morgan fingerprint density at radius 1 is 1.07 bits per heavy atom. The molecule has 0 aromatic heterocycles. The molecule has 0 aliphatic carbocycles. The summed E-state index contributed by atoms with van der Waals surface area (Å²) in [5.74, 6) is -2.00. The van der Waals surface area contributed by atoms with Gasteiger partial charge in [0.1, 0.15) is 5.75 Å². The van der Waals surface area contributed by atoms with E-state index in [0.717, 1.165) is 5.56 Å². The van der Waals surface area contributed by atoms with Gasteiger partial charge in [0.25, 0.3) is 17.6 Å². The molecule has 30 heavy (non-hydrogen) atoms. The van der Waals surface area contributed by atoms with E-state index in [0.29, 0.717) is 5.70 Å². The molecule has 8 nitrogen and oxygen atoms in total. The monoisotopic (exact) mass is 409 g/mol. The fourth-order valence-corrected chi connectivity index (χ4v) is 3.37. The number of methoxy groups -OCH3 is 1. The van der Waals surface area contributed by atoms with Crippen LogP contribution in [-0.2, 0) is 14.3 Å². The Balaban J connectivity index is 1.90. The standard InChI is InChI=1S/C22H23N3O5/c1-14(23-24-21(28)16-10-6-7-11-17(16)26)18-19(15-8-4-3-5-9-15)25(12-13-30-2)22(29)20(18)27/h3-11,19,23,26H,12-13H2,1-2H3,(H,24,28)/b18-14+. The number of allylic oxidation sites excluding steroid dienone is 1. The van der Waals surface area contributed by atoms with Crippen molar-refractivity contribution < 1.29 is 24.2 Å². The van der Waals surface area contributed by atoms with Crippen LogP contribution in [0.3, 0.4) is 0 Å². The lowest BCUT2D eigenvalue weighted by molar-refractivity contribution is -0.140. The number of phenols is 1. The summed E-state index contributed by atoms with van der Waals surface area (Å²) < 4.78 is 5.09. The number of hydrogen-bond donors (Lipinski definition) is 3. The molecule has 2 amide bonds. The van der Waals surface area contributed by atoms with Crippen LogP contribution in [0.2, 0.25) is 0 Å². The second-order valence-electron chi connectivity index (χ2n) is 6.77. The largest absolute Gasteiger partial charge is 0.507 e. The van der Waals surface area contributed by atoms with Crippen LogP contribution in [0.5, 0.6) is 5.75 Å². The molecule has 1 fully saturated rings. The highest BCUT2D eigenvalue weighted by Gasteiger charge is 2.44. The molecule has 0 saturated carbocycles. The van der Waals surface area contributed by atoms with Crippen molar-refractivity contribution >= 4 is 17.6 Å². The van der Waals surface area contributed by atoms with Crippen molar-refractivity contribution in [1.82, 2.24) is 15.8 Å². The highest BCUT2D eigenvalue weighted by atomic mass is 16.5. The van der Waals surface area contributed by atoms with E-state index >= 15 is 0 Å². The number of hydrogen-bond acceptors (Lipinski definition) is 6. The van der Waals surface area contributed by atoms with Crippen molar-refractivity contribution in [3.05, 3.63) is 77.0 Å². The zero-order chi connectivity index (χ0) is 21.7. The van der Waals surface area contributed by atoms with Crippen LogP contribution in [0.1, 0.15) is 28.9 Å². The molecule has 2 aromatic carbocycles. The van der Waals surface area contributed by atoms with Gasteiger partial charge in [0.05, 0.1) is 23.8 Å². The van der Waals surface area contributed by atoms with Gasteiger partial charge in [-0.1, -0.05) is 42.5 Å². The number of rotatable bonds is 7. The molecule has 1 aliphatic rings. The minimum absolute atomic E-state index is 0.0814. The quantitative estimate of drug-likeness (QED) is 0.365. The molecule has 3 rings (SSSR count). The van der Waals surface area contributed by atoms with Gasteiger partial charge >= 0.3 is 0 Å². The lowest BCUT2D eigenvalue weighted by Crippen LogP contribution is -2.37. The predicted molar refractivity (Wildman–Crippen MR) is 109 cm³/mol. The van der Waals surface area contributed by atoms with Gasteiger partial charge in [0, 0.05) is 19.4 Å². The first-order chi connectivity index (χ1) is 14.5. The maximum absolute atomic E-state index is 12.8. The first kappa shape index (κ1) is 21.1. The smallest absolute Gasteiger partial charge is 0.295 e. The van der Waals surface area contributed by atoms with Crippen LogP contribution in [0.25, 0.3) is 0 Å². The molecule has 1 heterocycles. The number of amides is 2. The Labute approximate surface area is 174 Å². The average molecular weight is 409 g/mol. The fourth-order valence-electron chi connectivity index (χ4n) is 3.37. The molecular formula is C22H23N3O5. The molecule has 2 aromatic rings. The maximum atomic E-state index is 12.8. The molecule has 3 N–H and O–H groups in total. The molecule has 0 bridgehead atoms. The number of nitrogens with zero attached hydrogens (tertiary/aromatic N) is 1. The van der Waals surface area contributed by atoms with Crippen molar-refractivity contribution in [3.63, 3.8) is 0 Å². The van der Waals surface area contributed by atoms with E-state index in [9.17, 15) is 19.5 Å². The number of carbonyl (C=O) groups excluding carboxylic acids is 3. The Hall–Kier alpha value is -3.65. The zero-order valence-corrected chi connectivity index (χ0v) is 16.7. The van der Waals surface area contributed by atoms with Crippen LogP contribution < -0.4 is 10.9 Å². The number of ether oxygens (including phenoxy) is 1. The van der Waals surface area contributed by atoms with E-state index in [1.54, 1.807) is 19.1 Å². The summed E-state index contributed by atoms with van der Waals surface area (Å²) in [4.78, 5) is 39.3. The van der Waals surface area contributed by atoms with E-state index in [1.165, 1.54) is 24.1 Å². The highest BCUT2D eigenvalue weighted by Crippen LogP contribution is 2.36. The molecule has 1 atom stereocenters. The summed E-state index contributed by atoms with van der Waals surface area (Å²) in [6.07, 6.45) is 0. The number of carbonyl (C=O) groups is 3. The molecule has 156 valence electrons. The second-order valence-corrected chi connectivity index (χ2v) is 6.77. The number of para-hydroxylation sites is 1. The average Bonchev–Trinajstić information content (AvgIpc) is 3.01. The van der Waals surface area contributed by atoms with Gasteiger partial charge in [0.15, 0.2) is 0 Å². The van der Waals surface area contributed by atoms with Gasteiger partial charge in [-0.15, -0.1) is 0 Å². The summed E-state index contributed by atoms with van der Waals surface area (Å²) in [5.41, 5.74) is 6.63. The van der Waals surface area contributed by atoms with Crippen molar-refractivity contribution in [2.75, 3.05) is 20.3 Å². The molecule has 1 saturated heterocycles. The SMILES string of the molecule is COCCN1C(=O)C(=O)/C(=C(\C)NNC(=O)c2ccccc2O)C1c1ccccc1. The number of likely N-dealkylation sites (tertiary alicyclic amines) is 1.